The number of nitrogen functional groups attached to an aromatic ring is 1. The lowest BCUT2D eigenvalue weighted by Crippen LogP contribution is -1.89. The van der Waals surface area contributed by atoms with Gasteiger partial charge in [0.1, 0.15) is 5.52 Å². The molecule has 5 nitrogen and oxygen atoms in total. The smallest absolute Gasteiger partial charge is 0.249 e. The molecule has 0 aliphatic heterocycles. The van der Waals surface area contributed by atoms with Crippen LogP contribution in [0.4, 0.5) is 5.82 Å². The summed E-state index contributed by atoms with van der Waals surface area (Å²) in [6, 6.07) is 1.42. The summed E-state index contributed by atoms with van der Waals surface area (Å²) in [6.45, 7) is 1.70. The van der Waals surface area contributed by atoms with Crippen LogP contribution in [0, 0.1) is 6.92 Å². The third kappa shape index (κ3) is 0.868. The van der Waals surface area contributed by atoms with E-state index in [0.29, 0.717) is 17.1 Å². The summed E-state index contributed by atoms with van der Waals surface area (Å²) in [5.41, 5.74) is 6.21. The van der Waals surface area contributed by atoms with Gasteiger partial charge in [0, 0.05) is 13.0 Å². The Morgan fingerprint density at radius 2 is 2.25 bits per heavy atom. The van der Waals surface area contributed by atoms with Crippen LogP contribution in [0.3, 0.4) is 0 Å². The maximum atomic E-state index is 9.16. The molecule has 2 aromatic heterocycles. The lowest BCUT2D eigenvalue weighted by molar-refractivity contribution is 0.476. The molecule has 2 heterocycles. The van der Waals surface area contributed by atoms with Crippen molar-refractivity contribution in [3.63, 3.8) is 0 Å². The fourth-order valence-corrected chi connectivity index (χ4v) is 0.977. The van der Waals surface area contributed by atoms with E-state index in [2.05, 4.69) is 9.97 Å². The molecule has 0 bridgehead atoms. The van der Waals surface area contributed by atoms with Crippen molar-refractivity contribution in [3.05, 3.63) is 12.0 Å². The van der Waals surface area contributed by atoms with Crippen molar-refractivity contribution in [3.8, 4) is 5.75 Å². The fraction of sp³-hybridized carbons (Fsp3) is 0.143. The third-order valence-corrected chi connectivity index (χ3v) is 1.50. The van der Waals surface area contributed by atoms with Crippen molar-refractivity contribution in [2.75, 3.05) is 5.73 Å². The molecule has 0 atom stereocenters. The molecule has 62 valence electrons. The SMILES string of the molecule is Cc1nc2cc(O)c(N)nc2o1. The van der Waals surface area contributed by atoms with Crippen LogP contribution in [-0.2, 0) is 0 Å². The van der Waals surface area contributed by atoms with Crippen molar-refractivity contribution in [1.29, 1.82) is 0 Å². The summed E-state index contributed by atoms with van der Waals surface area (Å²) in [7, 11) is 0. The maximum absolute atomic E-state index is 9.16. The van der Waals surface area contributed by atoms with Gasteiger partial charge in [0.25, 0.3) is 0 Å². The number of pyridine rings is 1. The maximum Gasteiger partial charge on any atom is 0.249 e. The van der Waals surface area contributed by atoms with Crippen LogP contribution >= 0.6 is 0 Å². The van der Waals surface area contributed by atoms with Gasteiger partial charge in [-0.2, -0.15) is 4.98 Å². The molecule has 0 unspecified atom stereocenters. The Morgan fingerprint density at radius 3 is 3.00 bits per heavy atom. The molecule has 2 aromatic rings. The first kappa shape index (κ1) is 6.90. The molecule has 0 aliphatic carbocycles. The molecule has 12 heavy (non-hydrogen) atoms. The van der Waals surface area contributed by atoms with Gasteiger partial charge in [0.05, 0.1) is 0 Å². The molecule has 0 radical (unpaired) electrons. The van der Waals surface area contributed by atoms with Gasteiger partial charge in [-0.25, -0.2) is 4.98 Å². The highest BCUT2D eigenvalue weighted by atomic mass is 16.4. The van der Waals surface area contributed by atoms with E-state index in [1.165, 1.54) is 6.07 Å². The first-order chi connectivity index (χ1) is 5.66. The van der Waals surface area contributed by atoms with Gasteiger partial charge in [-0.1, -0.05) is 0 Å². The number of rotatable bonds is 0. The Balaban J connectivity index is 2.83. The highest BCUT2D eigenvalue weighted by molar-refractivity contribution is 5.73. The zero-order valence-electron chi connectivity index (χ0n) is 6.40. The molecule has 0 aromatic carbocycles. The van der Waals surface area contributed by atoms with Crippen molar-refractivity contribution < 1.29 is 9.52 Å². The number of nitrogens with zero attached hydrogens (tertiary/aromatic N) is 2. The molecule has 0 saturated carbocycles. The molecule has 0 spiro atoms. The van der Waals surface area contributed by atoms with Gasteiger partial charge in [0.2, 0.25) is 5.71 Å². The number of fused-ring (bicyclic) bond motifs is 1. The number of aryl methyl sites for hydroxylation is 1. The van der Waals surface area contributed by atoms with Crippen LogP contribution in [0.5, 0.6) is 5.75 Å². The summed E-state index contributed by atoms with van der Waals surface area (Å²) in [5, 5.41) is 9.16. The van der Waals surface area contributed by atoms with E-state index < -0.39 is 0 Å². The monoisotopic (exact) mass is 165 g/mol. The molecular formula is C7H7N3O2. The summed E-state index contributed by atoms with van der Waals surface area (Å²) < 4.78 is 5.09. The van der Waals surface area contributed by atoms with E-state index in [0.717, 1.165) is 0 Å². The van der Waals surface area contributed by atoms with Crippen molar-refractivity contribution in [2.45, 2.75) is 6.92 Å². The number of hydrogen-bond donors (Lipinski definition) is 2. The highest BCUT2D eigenvalue weighted by Crippen LogP contribution is 2.23. The molecule has 0 aliphatic rings. The van der Waals surface area contributed by atoms with Gasteiger partial charge in [-0.15, -0.1) is 0 Å². The van der Waals surface area contributed by atoms with E-state index in [-0.39, 0.29) is 11.6 Å². The summed E-state index contributed by atoms with van der Waals surface area (Å²) >= 11 is 0. The number of hydrogen-bond acceptors (Lipinski definition) is 5. The largest absolute Gasteiger partial charge is 0.504 e. The average Bonchev–Trinajstić information content (AvgIpc) is 2.30. The molecule has 0 fully saturated rings. The van der Waals surface area contributed by atoms with Crippen LogP contribution in [0.1, 0.15) is 5.89 Å². The minimum Gasteiger partial charge on any atom is -0.504 e. The van der Waals surface area contributed by atoms with Gasteiger partial charge in [-0.05, 0) is 0 Å². The topological polar surface area (TPSA) is 85.2 Å². The molecule has 5 heteroatoms. The van der Waals surface area contributed by atoms with Crippen LogP contribution in [0.2, 0.25) is 0 Å². The van der Waals surface area contributed by atoms with Crippen molar-refractivity contribution in [2.24, 2.45) is 0 Å². The Labute approximate surface area is 67.8 Å². The molecule has 3 N–H and O–H groups in total. The second-order valence-electron chi connectivity index (χ2n) is 2.45. The number of oxazole rings is 1. The first-order valence-corrected chi connectivity index (χ1v) is 3.39. The average molecular weight is 165 g/mol. The lowest BCUT2D eigenvalue weighted by Gasteiger charge is -1.93. The first-order valence-electron chi connectivity index (χ1n) is 3.39. The Morgan fingerprint density at radius 1 is 1.50 bits per heavy atom. The van der Waals surface area contributed by atoms with Gasteiger partial charge in [-0.3, -0.25) is 0 Å². The van der Waals surface area contributed by atoms with Crippen LogP contribution in [-0.4, -0.2) is 15.1 Å². The summed E-state index contributed by atoms with van der Waals surface area (Å²) in [4.78, 5) is 7.76. The lowest BCUT2D eigenvalue weighted by atomic mass is 10.4. The van der Waals surface area contributed by atoms with E-state index in [1.54, 1.807) is 6.92 Å². The molecule has 0 saturated heterocycles. The quantitative estimate of drug-likeness (QED) is 0.603. The molecule has 2 rings (SSSR count). The minimum atomic E-state index is -0.0733. The highest BCUT2D eigenvalue weighted by Gasteiger charge is 2.07. The number of anilines is 1. The number of aromatic nitrogens is 2. The van der Waals surface area contributed by atoms with Crippen molar-refractivity contribution in [1.82, 2.24) is 9.97 Å². The predicted molar refractivity (Wildman–Crippen MR) is 42.6 cm³/mol. The normalized spacial score (nSPS) is 10.8. The van der Waals surface area contributed by atoms with E-state index in [1.807, 2.05) is 0 Å². The summed E-state index contributed by atoms with van der Waals surface area (Å²) in [5.74, 6) is 0.483. The van der Waals surface area contributed by atoms with Crippen LogP contribution in [0.15, 0.2) is 10.5 Å². The molecular weight excluding hydrogens is 158 g/mol. The second-order valence-corrected chi connectivity index (χ2v) is 2.45. The van der Waals surface area contributed by atoms with E-state index >= 15 is 0 Å². The van der Waals surface area contributed by atoms with E-state index in [9.17, 15) is 0 Å². The number of aromatic hydroxyl groups is 1. The standard InChI is InChI=1S/C7H7N3O2/c1-3-9-4-2-5(11)6(8)10-7(4)12-3/h2,11H,1H3,(H2,8,10). The zero-order chi connectivity index (χ0) is 8.72. The van der Waals surface area contributed by atoms with Gasteiger partial charge < -0.3 is 15.3 Å². The third-order valence-electron chi connectivity index (χ3n) is 1.50. The fourth-order valence-electron chi connectivity index (χ4n) is 0.977. The van der Waals surface area contributed by atoms with Crippen LogP contribution < -0.4 is 5.73 Å². The van der Waals surface area contributed by atoms with Crippen LogP contribution in [0.25, 0.3) is 11.2 Å². The van der Waals surface area contributed by atoms with E-state index in [4.69, 9.17) is 15.3 Å². The van der Waals surface area contributed by atoms with Gasteiger partial charge in [0.15, 0.2) is 17.5 Å². The Kier molecular flexibility index (Phi) is 1.21. The minimum absolute atomic E-state index is 0.0543. The Hall–Kier alpha value is -1.78. The number of nitrogens with two attached hydrogens (primary N) is 1. The van der Waals surface area contributed by atoms with Gasteiger partial charge >= 0.3 is 0 Å². The molecule has 0 amide bonds. The second kappa shape index (κ2) is 2.10. The predicted octanol–water partition coefficient (Wildman–Crippen LogP) is 0.819. The Bertz CT molecular complexity index is 396. The zero-order valence-corrected chi connectivity index (χ0v) is 6.40. The van der Waals surface area contributed by atoms with Crippen molar-refractivity contribution >= 4 is 17.0 Å². The summed E-state index contributed by atoms with van der Waals surface area (Å²) in [6.07, 6.45) is 0.